The number of hydrogen-bond donors (Lipinski definition) is 0. The Morgan fingerprint density at radius 3 is 1.20 bits per heavy atom. The highest BCUT2D eigenvalue weighted by atomic mass is 15.2. The minimum absolute atomic E-state index is 0.00482. The SMILES string of the molecule is Cc1ccc(-c2ccccc2)cc1N(c1ccccc1C1CCCC1)c1cc(N(c2cc(-c3ccccc3)ccc2C)c2ccccc2C2CCCC2)c2ccc3cc(C(C)(C)C)cc4ccc1c2c43. The van der Waals surface area contributed by atoms with Gasteiger partial charge in [-0.25, -0.2) is 0 Å². The molecule has 2 nitrogen and oxygen atoms in total. The maximum Gasteiger partial charge on any atom is 0.0561 e. The Morgan fingerprint density at radius 1 is 0.357 bits per heavy atom. The minimum atomic E-state index is 0.00482. The number of nitrogens with zero attached hydrogens (tertiary/aromatic N) is 2. The van der Waals surface area contributed by atoms with Crippen molar-refractivity contribution in [2.45, 2.75) is 103 Å². The molecule has 0 aliphatic heterocycles. The summed E-state index contributed by atoms with van der Waals surface area (Å²) in [6.45, 7) is 11.6. The molecular weight excluding hydrogens is 845 g/mol. The van der Waals surface area contributed by atoms with Gasteiger partial charge in [-0.05, 0) is 153 Å². The van der Waals surface area contributed by atoms with Crippen molar-refractivity contribution in [1.29, 1.82) is 0 Å². The van der Waals surface area contributed by atoms with Crippen molar-refractivity contribution in [1.82, 2.24) is 0 Å². The van der Waals surface area contributed by atoms with Crippen LogP contribution in [0.5, 0.6) is 0 Å². The molecule has 0 bridgehead atoms. The molecule has 2 saturated carbocycles. The van der Waals surface area contributed by atoms with Crippen LogP contribution in [0.3, 0.4) is 0 Å². The number of rotatable bonds is 10. The van der Waals surface area contributed by atoms with Crippen LogP contribution >= 0.6 is 0 Å². The molecule has 0 amide bonds. The normalized spacial score (nSPS) is 14.6. The highest BCUT2D eigenvalue weighted by Crippen LogP contribution is 2.54. The van der Waals surface area contributed by atoms with Gasteiger partial charge < -0.3 is 9.80 Å². The Bertz CT molecular complexity index is 3290. The zero-order valence-corrected chi connectivity index (χ0v) is 41.6. The molecule has 346 valence electrons. The molecule has 12 rings (SSSR count). The van der Waals surface area contributed by atoms with E-state index in [4.69, 9.17) is 0 Å². The highest BCUT2D eigenvalue weighted by Gasteiger charge is 2.31. The van der Waals surface area contributed by atoms with Gasteiger partial charge in [0.25, 0.3) is 0 Å². The van der Waals surface area contributed by atoms with Gasteiger partial charge in [0.1, 0.15) is 0 Å². The Hall–Kier alpha value is -7.16. The maximum atomic E-state index is 2.68. The third kappa shape index (κ3) is 7.83. The molecule has 70 heavy (non-hydrogen) atoms. The van der Waals surface area contributed by atoms with E-state index in [0.29, 0.717) is 11.8 Å². The average molecular weight is 909 g/mol. The fraction of sp³-hybridized carbons (Fsp3) is 0.235. The van der Waals surface area contributed by atoms with Gasteiger partial charge in [0.15, 0.2) is 0 Å². The first-order chi connectivity index (χ1) is 34.2. The molecule has 0 atom stereocenters. The van der Waals surface area contributed by atoms with Gasteiger partial charge in [-0.15, -0.1) is 0 Å². The third-order valence-corrected chi connectivity index (χ3v) is 16.1. The fourth-order valence-corrected chi connectivity index (χ4v) is 12.3. The van der Waals surface area contributed by atoms with E-state index in [1.165, 1.54) is 168 Å². The molecule has 10 aromatic carbocycles. The average Bonchev–Trinajstić information content (AvgIpc) is 4.15. The largest absolute Gasteiger partial charge is 0.309 e. The van der Waals surface area contributed by atoms with Crippen LogP contribution in [0.1, 0.15) is 112 Å². The van der Waals surface area contributed by atoms with Crippen molar-refractivity contribution in [3.63, 3.8) is 0 Å². The summed E-state index contributed by atoms with van der Waals surface area (Å²) in [7, 11) is 0. The zero-order chi connectivity index (χ0) is 47.5. The third-order valence-electron chi connectivity index (χ3n) is 16.1. The van der Waals surface area contributed by atoms with Crippen LogP contribution in [0.2, 0.25) is 0 Å². The zero-order valence-electron chi connectivity index (χ0n) is 41.6. The second kappa shape index (κ2) is 18.0. The summed E-state index contributed by atoms with van der Waals surface area (Å²) in [5, 5.41) is 7.79. The molecule has 10 aromatic rings. The number of aryl methyl sites for hydroxylation is 2. The lowest BCUT2D eigenvalue weighted by Gasteiger charge is -2.36. The summed E-state index contributed by atoms with van der Waals surface area (Å²) in [6, 6.07) is 72.1. The van der Waals surface area contributed by atoms with Gasteiger partial charge in [-0.3, -0.25) is 0 Å². The summed E-state index contributed by atoms with van der Waals surface area (Å²) < 4.78 is 0. The van der Waals surface area contributed by atoms with Crippen LogP contribution in [0.4, 0.5) is 34.1 Å². The predicted octanol–water partition coefficient (Wildman–Crippen LogP) is 20.1. The van der Waals surface area contributed by atoms with Crippen molar-refractivity contribution in [2.24, 2.45) is 0 Å². The lowest BCUT2D eigenvalue weighted by Crippen LogP contribution is -2.18. The molecule has 0 spiro atoms. The molecule has 2 fully saturated rings. The van der Waals surface area contributed by atoms with Crippen LogP contribution in [-0.4, -0.2) is 0 Å². The van der Waals surface area contributed by atoms with E-state index >= 15 is 0 Å². The van der Waals surface area contributed by atoms with Gasteiger partial charge >= 0.3 is 0 Å². The van der Waals surface area contributed by atoms with Crippen molar-refractivity contribution in [2.75, 3.05) is 9.80 Å². The molecule has 0 N–H and O–H groups in total. The van der Waals surface area contributed by atoms with E-state index in [1.54, 1.807) is 0 Å². The van der Waals surface area contributed by atoms with E-state index in [-0.39, 0.29) is 5.41 Å². The molecule has 0 saturated heterocycles. The van der Waals surface area contributed by atoms with E-state index in [1.807, 2.05) is 0 Å². The molecule has 2 heteroatoms. The van der Waals surface area contributed by atoms with Gasteiger partial charge in [0.2, 0.25) is 0 Å². The molecule has 0 aromatic heterocycles. The van der Waals surface area contributed by atoms with Crippen LogP contribution in [0.25, 0.3) is 54.6 Å². The number of hydrogen-bond acceptors (Lipinski definition) is 2. The van der Waals surface area contributed by atoms with E-state index in [0.717, 1.165) is 0 Å². The monoisotopic (exact) mass is 909 g/mol. The predicted molar refractivity (Wildman–Crippen MR) is 301 cm³/mol. The topological polar surface area (TPSA) is 6.48 Å². The first-order valence-corrected chi connectivity index (χ1v) is 26.1. The summed E-state index contributed by atoms with van der Waals surface area (Å²) >= 11 is 0. The van der Waals surface area contributed by atoms with Crippen molar-refractivity contribution in [3.05, 3.63) is 216 Å². The summed E-state index contributed by atoms with van der Waals surface area (Å²) in [5.74, 6) is 1.01. The van der Waals surface area contributed by atoms with E-state index < -0.39 is 0 Å². The Kier molecular flexibility index (Phi) is 11.3. The van der Waals surface area contributed by atoms with Crippen LogP contribution in [-0.2, 0) is 5.41 Å². The number of benzene rings is 10. The minimum Gasteiger partial charge on any atom is -0.309 e. The summed E-state index contributed by atoms with van der Waals surface area (Å²) in [4.78, 5) is 5.36. The molecule has 0 heterocycles. The van der Waals surface area contributed by atoms with Crippen LogP contribution in [0.15, 0.2) is 188 Å². The molecular formula is C68H64N2. The van der Waals surface area contributed by atoms with Gasteiger partial charge in [0.05, 0.1) is 11.4 Å². The molecule has 0 unspecified atom stereocenters. The second-order valence-electron chi connectivity index (χ2n) is 21.5. The summed E-state index contributed by atoms with van der Waals surface area (Å²) in [5.41, 5.74) is 19.0. The second-order valence-corrected chi connectivity index (χ2v) is 21.5. The van der Waals surface area contributed by atoms with Gasteiger partial charge in [0, 0.05) is 38.9 Å². The molecule has 2 aliphatic carbocycles. The number of anilines is 6. The number of para-hydroxylation sites is 2. The first-order valence-electron chi connectivity index (χ1n) is 26.1. The van der Waals surface area contributed by atoms with Crippen molar-refractivity contribution >= 4 is 66.4 Å². The van der Waals surface area contributed by atoms with Crippen LogP contribution in [0, 0.1) is 13.8 Å². The lowest BCUT2D eigenvalue weighted by atomic mass is 9.83. The first kappa shape index (κ1) is 44.1. The molecule has 0 radical (unpaired) electrons. The smallest absolute Gasteiger partial charge is 0.0561 e. The lowest BCUT2D eigenvalue weighted by molar-refractivity contribution is 0.591. The summed E-state index contributed by atoms with van der Waals surface area (Å²) in [6.07, 6.45) is 9.98. The molecule has 2 aliphatic rings. The maximum absolute atomic E-state index is 2.68. The van der Waals surface area contributed by atoms with Crippen molar-refractivity contribution in [3.8, 4) is 22.3 Å². The Labute approximate surface area is 415 Å². The highest BCUT2D eigenvalue weighted by molar-refractivity contribution is 6.29. The van der Waals surface area contributed by atoms with E-state index in [9.17, 15) is 0 Å². The van der Waals surface area contributed by atoms with Crippen LogP contribution < -0.4 is 9.80 Å². The standard InChI is InChI=1S/C68H64N2/c1-45-32-34-51(47-20-8-6-9-21-47)42-62(45)69(60-30-18-16-28-56(60)49-24-12-13-25-49)64-44-65(59-39-37-54-41-55(68(3,4)5)40-53-36-38-58(64)67(59)66(53)54)70(61-31-19-17-29-57(61)50-26-14-15-27-50)63-43-52(35-33-46(63)2)48-22-10-7-11-23-48/h6-11,16-23,28-44,49-50H,12-15,24-27H2,1-5H3. The Balaban J connectivity index is 1.23. The van der Waals surface area contributed by atoms with Crippen molar-refractivity contribution < 1.29 is 0 Å². The fourth-order valence-electron chi connectivity index (χ4n) is 12.3. The van der Waals surface area contributed by atoms with Gasteiger partial charge in [-0.1, -0.05) is 204 Å². The van der Waals surface area contributed by atoms with E-state index in [2.05, 4.69) is 232 Å². The van der Waals surface area contributed by atoms with Gasteiger partial charge in [-0.2, -0.15) is 0 Å². The quantitative estimate of drug-likeness (QED) is 0.126. The Morgan fingerprint density at radius 2 is 0.771 bits per heavy atom.